The number of carbonyl (C=O) groups is 1. The van der Waals surface area contributed by atoms with Crippen LogP contribution in [0.5, 0.6) is 0 Å². The lowest BCUT2D eigenvalue weighted by atomic mass is 10.1. The Hall–Kier alpha value is -2.18. The highest BCUT2D eigenvalue weighted by Crippen LogP contribution is 2.13. The first-order valence-electron chi connectivity index (χ1n) is 9.90. The van der Waals surface area contributed by atoms with Gasteiger partial charge >= 0.3 is 0 Å². The molecule has 0 unspecified atom stereocenters. The van der Waals surface area contributed by atoms with Gasteiger partial charge in [-0.2, -0.15) is 0 Å². The fourth-order valence-electron chi connectivity index (χ4n) is 3.49. The van der Waals surface area contributed by atoms with Crippen molar-refractivity contribution in [2.24, 2.45) is 0 Å². The molecule has 1 aliphatic heterocycles. The number of amides is 1. The monoisotopic (exact) mass is 401 g/mol. The predicted molar refractivity (Wildman–Crippen MR) is 110 cm³/mol. The molecule has 0 aromatic heterocycles. The number of likely N-dealkylation sites (tertiary alicyclic amines) is 1. The molecule has 0 bridgehead atoms. The molecule has 2 N–H and O–H groups in total. The molecule has 1 fully saturated rings. The van der Waals surface area contributed by atoms with E-state index in [9.17, 15) is 13.2 Å². The molecule has 0 saturated carbocycles. The molecule has 2 aromatic rings. The lowest BCUT2D eigenvalue weighted by Crippen LogP contribution is -3.08. The molecule has 28 heavy (non-hydrogen) atoms. The summed E-state index contributed by atoms with van der Waals surface area (Å²) in [5.74, 6) is -0.430. The Morgan fingerprint density at radius 2 is 1.57 bits per heavy atom. The van der Waals surface area contributed by atoms with Gasteiger partial charge < -0.3 is 10.2 Å². The van der Waals surface area contributed by atoms with Gasteiger partial charge in [-0.3, -0.25) is 4.79 Å². The van der Waals surface area contributed by atoms with Gasteiger partial charge in [-0.15, -0.1) is 0 Å². The average Bonchev–Trinajstić information content (AvgIpc) is 3.19. The number of hydrogen-bond acceptors (Lipinski definition) is 3. The zero-order valence-corrected chi connectivity index (χ0v) is 17.2. The van der Waals surface area contributed by atoms with Crippen molar-refractivity contribution in [1.82, 2.24) is 5.32 Å². The minimum atomic E-state index is -3.44. The standard InChI is InChI=1S/C22H28N2O3S/c1-18-4-10-21(11-5-18)28(26,27)15-12-22(25)23-16-19-6-8-20(9-7-19)17-24-13-2-3-14-24/h4-11H,2-3,12-17H2,1H3,(H,23,25)/p+1. The Morgan fingerprint density at radius 1 is 0.964 bits per heavy atom. The third kappa shape index (κ3) is 5.91. The number of sulfone groups is 1. The molecular formula is C22H29N2O3S+. The summed E-state index contributed by atoms with van der Waals surface area (Å²) in [6.45, 7) is 5.89. The van der Waals surface area contributed by atoms with E-state index < -0.39 is 9.84 Å². The lowest BCUT2D eigenvalue weighted by molar-refractivity contribution is -0.901. The number of rotatable bonds is 8. The molecule has 6 heteroatoms. The summed E-state index contributed by atoms with van der Waals surface area (Å²) in [5.41, 5.74) is 3.34. The highest BCUT2D eigenvalue weighted by atomic mass is 32.2. The molecule has 5 nitrogen and oxygen atoms in total. The third-order valence-electron chi connectivity index (χ3n) is 5.26. The van der Waals surface area contributed by atoms with Crippen molar-refractivity contribution >= 4 is 15.7 Å². The van der Waals surface area contributed by atoms with E-state index in [1.54, 1.807) is 29.2 Å². The molecular weight excluding hydrogens is 372 g/mol. The normalized spacial score (nSPS) is 14.9. The minimum Gasteiger partial charge on any atom is -0.352 e. The Labute approximate surface area is 167 Å². The summed E-state index contributed by atoms with van der Waals surface area (Å²) >= 11 is 0. The van der Waals surface area contributed by atoms with Gasteiger partial charge in [0.05, 0.1) is 23.7 Å². The van der Waals surface area contributed by atoms with Gasteiger partial charge in [-0.1, -0.05) is 42.0 Å². The van der Waals surface area contributed by atoms with Crippen molar-refractivity contribution in [1.29, 1.82) is 0 Å². The molecule has 2 aromatic carbocycles. The largest absolute Gasteiger partial charge is 0.352 e. The average molecular weight is 402 g/mol. The zero-order chi connectivity index (χ0) is 20.0. The Kier molecular flexibility index (Phi) is 6.86. The lowest BCUT2D eigenvalue weighted by Gasteiger charge is -2.12. The van der Waals surface area contributed by atoms with E-state index in [1.165, 1.54) is 31.5 Å². The highest BCUT2D eigenvalue weighted by molar-refractivity contribution is 7.91. The van der Waals surface area contributed by atoms with Crippen LogP contribution in [0.25, 0.3) is 0 Å². The van der Waals surface area contributed by atoms with Crippen LogP contribution >= 0.6 is 0 Å². The van der Waals surface area contributed by atoms with Gasteiger partial charge in [0, 0.05) is 31.4 Å². The summed E-state index contributed by atoms with van der Waals surface area (Å²) in [4.78, 5) is 14.0. The van der Waals surface area contributed by atoms with Gasteiger partial charge in [-0.05, 0) is 24.6 Å². The number of quaternary nitrogens is 1. The van der Waals surface area contributed by atoms with Crippen LogP contribution < -0.4 is 10.2 Å². The van der Waals surface area contributed by atoms with Crippen LogP contribution in [0.1, 0.15) is 36.0 Å². The second-order valence-electron chi connectivity index (χ2n) is 7.61. The van der Waals surface area contributed by atoms with Crippen molar-refractivity contribution in [3.05, 3.63) is 65.2 Å². The molecule has 150 valence electrons. The number of benzene rings is 2. The maximum Gasteiger partial charge on any atom is 0.221 e. The molecule has 0 radical (unpaired) electrons. The van der Waals surface area contributed by atoms with Gasteiger partial charge in [0.1, 0.15) is 6.54 Å². The van der Waals surface area contributed by atoms with Crippen LogP contribution in [0.4, 0.5) is 0 Å². The molecule has 3 rings (SSSR count). The van der Waals surface area contributed by atoms with E-state index >= 15 is 0 Å². The highest BCUT2D eigenvalue weighted by Gasteiger charge is 2.17. The van der Waals surface area contributed by atoms with Gasteiger partial charge in [-0.25, -0.2) is 8.42 Å². The molecule has 1 heterocycles. The molecule has 1 saturated heterocycles. The maximum absolute atomic E-state index is 12.3. The van der Waals surface area contributed by atoms with Crippen LogP contribution in [0.3, 0.4) is 0 Å². The SMILES string of the molecule is Cc1ccc(S(=O)(=O)CCC(=O)NCc2ccc(C[NH+]3CCCC3)cc2)cc1. The van der Waals surface area contributed by atoms with E-state index in [1.807, 2.05) is 19.1 Å². The second kappa shape index (κ2) is 9.34. The van der Waals surface area contributed by atoms with Gasteiger partial charge in [0.2, 0.25) is 5.91 Å². The van der Waals surface area contributed by atoms with E-state index in [0.29, 0.717) is 6.54 Å². The number of carbonyl (C=O) groups excluding carboxylic acids is 1. The fourth-order valence-corrected chi connectivity index (χ4v) is 4.74. The van der Waals surface area contributed by atoms with Crippen molar-refractivity contribution in [3.63, 3.8) is 0 Å². The topological polar surface area (TPSA) is 67.7 Å². The quantitative estimate of drug-likeness (QED) is 0.707. The Bertz CT molecular complexity index is 884. The number of hydrogen-bond donors (Lipinski definition) is 2. The van der Waals surface area contributed by atoms with Gasteiger partial charge in [0.15, 0.2) is 9.84 Å². The van der Waals surface area contributed by atoms with Crippen molar-refractivity contribution in [3.8, 4) is 0 Å². The summed E-state index contributed by atoms with van der Waals surface area (Å²) in [6, 6.07) is 15.0. The molecule has 0 aliphatic carbocycles. The van der Waals surface area contributed by atoms with Crippen molar-refractivity contribution in [2.45, 2.75) is 44.2 Å². The van der Waals surface area contributed by atoms with E-state index in [-0.39, 0.29) is 23.0 Å². The van der Waals surface area contributed by atoms with Crippen molar-refractivity contribution in [2.75, 3.05) is 18.8 Å². The summed E-state index contributed by atoms with van der Waals surface area (Å²) in [5, 5.41) is 2.82. The van der Waals surface area contributed by atoms with Gasteiger partial charge in [0.25, 0.3) is 0 Å². The minimum absolute atomic E-state index is 0.0351. The summed E-state index contributed by atoms with van der Waals surface area (Å²) < 4.78 is 24.6. The first kappa shape index (κ1) is 20.6. The predicted octanol–water partition coefficient (Wildman–Crippen LogP) is 1.65. The first-order valence-corrected chi connectivity index (χ1v) is 11.6. The van der Waals surface area contributed by atoms with E-state index in [0.717, 1.165) is 17.7 Å². The first-order chi connectivity index (χ1) is 13.4. The van der Waals surface area contributed by atoms with Crippen LogP contribution in [0.2, 0.25) is 0 Å². The van der Waals surface area contributed by atoms with E-state index in [4.69, 9.17) is 0 Å². The van der Waals surface area contributed by atoms with E-state index in [2.05, 4.69) is 17.4 Å². The summed E-state index contributed by atoms with van der Waals surface area (Å²) in [7, 11) is -3.44. The number of aryl methyl sites for hydroxylation is 1. The third-order valence-corrected chi connectivity index (χ3v) is 6.99. The second-order valence-corrected chi connectivity index (χ2v) is 9.72. The zero-order valence-electron chi connectivity index (χ0n) is 16.4. The fraction of sp³-hybridized carbons (Fsp3) is 0.409. The molecule has 0 atom stereocenters. The summed E-state index contributed by atoms with van der Waals surface area (Å²) in [6.07, 6.45) is 2.60. The van der Waals surface area contributed by atoms with Crippen LogP contribution in [0, 0.1) is 6.92 Å². The van der Waals surface area contributed by atoms with Crippen LogP contribution in [-0.4, -0.2) is 33.2 Å². The maximum atomic E-state index is 12.3. The Morgan fingerprint density at radius 3 is 2.21 bits per heavy atom. The number of nitrogens with one attached hydrogen (secondary N) is 2. The van der Waals surface area contributed by atoms with Crippen LogP contribution in [0.15, 0.2) is 53.4 Å². The smallest absolute Gasteiger partial charge is 0.221 e. The molecule has 1 amide bonds. The Balaban J connectivity index is 1.44. The molecule has 0 spiro atoms. The van der Waals surface area contributed by atoms with Crippen molar-refractivity contribution < 1.29 is 18.1 Å². The van der Waals surface area contributed by atoms with Crippen LogP contribution in [-0.2, 0) is 27.7 Å². The molecule has 1 aliphatic rings.